The molecule has 8 heteroatoms. The van der Waals surface area contributed by atoms with Crippen LogP contribution in [0, 0.1) is 5.92 Å². The molecule has 1 amide bonds. The summed E-state index contributed by atoms with van der Waals surface area (Å²) in [4.78, 5) is 23.8. The molecule has 1 aliphatic carbocycles. The van der Waals surface area contributed by atoms with Crippen molar-refractivity contribution in [1.82, 2.24) is 9.62 Å². The number of rotatable bonds is 4. The summed E-state index contributed by atoms with van der Waals surface area (Å²) >= 11 is 0. The molecule has 2 aliphatic rings. The van der Waals surface area contributed by atoms with Crippen molar-refractivity contribution in [3.63, 3.8) is 0 Å². The van der Waals surface area contributed by atoms with Gasteiger partial charge in [-0.1, -0.05) is 12.8 Å². The number of piperidine rings is 1. The summed E-state index contributed by atoms with van der Waals surface area (Å²) in [5.74, 6) is -1.80. The van der Waals surface area contributed by atoms with Crippen molar-refractivity contribution in [3.8, 4) is 0 Å². The van der Waals surface area contributed by atoms with Gasteiger partial charge in [-0.15, -0.1) is 0 Å². The van der Waals surface area contributed by atoms with Crippen LogP contribution in [0.1, 0.15) is 38.5 Å². The normalized spacial score (nSPS) is 26.4. The topological polar surface area (TPSA) is 104 Å². The van der Waals surface area contributed by atoms with E-state index in [9.17, 15) is 23.1 Å². The molecule has 1 atom stereocenters. The average molecular weight is 318 g/mol. The highest BCUT2D eigenvalue weighted by molar-refractivity contribution is 7.88. The molecule has 1 aliphatic heterocycles. The average Bonchev–Trinajstić information content (AvgIpc) is 2.88. The summed E-state index contributed by atoms with van der Waals surface area (Å²) in [6.45, 7) is 0.563. The fraction of sp³-hybridized carbons (Fsp3) is 0.846. The number of amides is 1. The molecule has 0 bridgehead atoms. The lowest BCUT2D eigenvalue weighted by atomic mass is 9.93. The fourth-order valence-electron chi connectivity index (χ4n) is 3.17. The first-order valence-electron chi connectivity index (χ1n) is 7.25. The Labute approximate surface area is 124 Å². The van der Waals surface area contributed by atoms with E-state index in [1.165, 1.54) is 4.31 Å². The number of carbonyl (C=O) groups is 2. The third kappa shape index (κ3) is 3.55. The third-order valence-corrected chi connectivity index (χ3v) is 5.72. The van der Waals surface area contributed by atoms with Crippen molar-refractivity contribution in [1.29, 1.82) is 0 Å². The lowest BCUT2D eigenvalue weighted by Crippen LogP contribution is -2.56. The van der Waals surface area contributed by atoms with Crippen LogP contribution < -0.4 is 5.32 Å². The Morgan fingerprint density at radius 2 is 1.86 bits per heavy atom. The molecule has 0 aromatic rings. The van der Waals surface area contributed by atoms with Crippen molar-refractivity contribution in [2.75, 3.05) is 19.3 Å². The Bertz CT molecular complexity index is 525. The van der Waals surface area contributed by atoms with E-state index in [1.54, 1.807) is 0 Å². The second-order valence-electron chi connectivity index (χ2n) is 6.04. The Hall–Kier alpha value is -1.15. The van der Waals surface area contributed by atoms with Crippen molar-refractivity contribution >= 4 is 21.9 Å². The van der Waals surface area contributed by atoms with Crippen molar-refractivity contribution < 1.29 is 23.1 Å². The number of aliphatic carboxylic acids is 1. The van der Waals surface area contributed by atoms with Gasteiger partial charge in [0.2, 0.25) is 15.9 Å². The molecule has 7 nitrogen and oxygen atoms in total. The molecule has 1 saturated heterocycles. The largest absolute Gasteiger partial charge is 0.480 e. The van der Waals surface area contributed by atoms with E-state index in [0.717, 1.165) is 19.1 Å². The van der Waals surface area contributed by atoms with Gasteiger partial charge < -0.3 is 10.4 Å². The summed E-state index contributed by atoms with van der Waals surface area (Å²) in [5, 5.41) is 12.0. The first-order chi connectivity index (χ1) is 9.74. The maximum absolute atomic E-state index is 12.3. The summed E-state index contributed by atoms with van der Waals surface area (Å²) in [5.41, 5.74) is -1.16. The third-order valence-electron chi connectivity index (χ3n) is 4.45. The zero-order valence-electron chi connectivity index (χ0n) is 12.2. The van der Waals surface area contributed by atoms with E-state index in [4.69, 9.17) is 0 Å². The number of carbonyl (C=O) groups excluding carboxylic acids is 1. The number of nitrogens with zero attached hydrogens (tertiary/aromatic N) is 1. The molecule has 1 saturated carbocycles. The molecule has 0 radical (unpaired) electrons. The highest BCUT2D eigenvalue weighted by atomic mass is 32.2. The molecule has 2 rings (SSSR count). The van der Waals surface area contributed by atoms with Crippen LogP contribution in [0.3, 0.4) is 0 Å². The zero-order valence-corrected chi connectivity index (χ0v) is 13.0. The van der Waals surface area contributed by atoms with E-state index in [2.05, 4.69) is 5.32 Å². The van der Waals surface area contributed by atoms with Crippen LogP contribution in [0.4, 0.5) is 0 Å². The van der Waals surface area contributed by atoms with E-state index < -0.39 is 27.4 Å². The molecule has 2 N–H and O–H groups in total. The maximum atomic E-state index is 12.3. The van der Waals surface area contributed by atoms with Gasteiger partial charge in [-0.2, -0.15) is 0 Å². The lowest BCUT2D eigenvalue weighted by Gasteiger charge is -2.33. The van der Waals surface area contributed by atoms with Gasteiger partial charge in [0.25, 0.3) is 0 Å². The van der Waals surface area contributed by atoms with Crippen molar-refractivity contribution in [2.24, 2.45) is 5.92 Å². The summed E-state index contributed by atoms with van der Waals surface area (Å²) < 4.78 is 24.4. The number of hydrogen-bond donors (Lipinski definition) is 2. The molecule has 0 spiro atoms. The summed E-state index contributed by atoms with van der Waals surface area (Å²) in [6, 6.07) is 0. The highest BCUT2D eigenvalue weighted by Crippen LogP contribution is 2.31. The second kappa shape index (κ2) is 5.92. The second-order valence-corrected chi connectivity index (χ2v) is 8.03. The van der Waals surface area contributed by atoms with E-state index in [1.807, 2.05) is 0 Å². The molecular formula is C13H22N2O5S. The molecule has 1 heterocycles. The van der Waals surface area contributed by atoms with Gasteiger partial charge >= 0.3 is 5.97 Å². The predicted octanol–water partition coefficient (Wildman–Crippen LogP) is 0.172. The van der Waals surface area contributed by atoms with Crippen molar-refractivity contribution in [2.45, 2.75) is 44.1 Å². The van der Waals surface area contributed by atoms with Gasteiger partial charge in [-0.25, -0.2) is 17.5 Å². The molecule has 120 valence electrons. The van der Waals surface area contributed by atoms with Crippen molar-refractivity contribution in [3.05, 3.63) is 0 Å². The first kappa shape index (κ1) is 16.2. The number of nitrogens with one attached hydrogen (secondary N) is 1. The van der Waals surface area contributed by atoms with E-state index in [0.29, 0.717) is 32.2 Å². The van der Waals surface area contributed by atoms with Gasteiger partial charge in [-0.05, 0) is 25.7 Å². The van der Waals surface area contributed by atoms with Crippen LogP contribution in [-0.2, 0) is 19.6 Å². The minimum absolute atomic E-state index is 0.139. The number of hydrogen-bond acceptors (Lipinski definition) is 4. The van der Waals surface area contributed by atoms with E-state index >= 15 is 0 Å². The van der Waals surface area contributed by atoms with Crippen LogP contribution in [-0.4, -0.2) is 54.6 Å². The van der Waals surface area contributed by atoms with Crippen LogP contribution in [0.25, 0.3) is 0 Å². The maximum Gasteiger partial charge on any atom is 0.329 e. The summed E-state index contributed by atoms with van der Waals surface area (Å²) in [6.07, 6.45) is 4.79. The summed E-state index contributed by atoms with van der Waals surface area (Å²) in [7, 11) is -3.31. The smallest absolute Gasteiger partial charge is 0.329 e. The molecule has 21 heavy (non-hydrogen) atoms. The van der Waals surface area contributed by atoms with Crippen LogP contribution in [0.2, 0.25) is 0 Å². The van der Waals surface area contributed by atoms with Gasteiger partial charge in [0.1, 0.15) is 5.54 Å². The number of carboxylic acid groups (broad SMARTS) is 1. The Morgan fingerprint density at radius 3 is 2.38 bits per heavy atom. The first-order valence-corrected chi connectivity index (χ1v) is 9.10. The minimum atomic E-state index is -3.31. The molecule has 0 unspecified atom stereocenters. The molecule has 2 fully saturated rings. The van der Waals surface area contributed by atoms with E-state index in [-0.39, 0.29) is 12.5 Å². The minimum Gasteiger partial charge on any atom is -0.480 e. The predicted molar refractivity (Wildman–Crippen MR) is 76.1 cm³/mol. The lowest BCUT2D eigenvalue weighted by molar-refractivity contribution is -0.148. The van der Waals surface area contributed by atoms with Gasteiger partial charge in [0.05, 0.1) is 12.2 Å². The number of carboxylic acids is 1. The van der Waals surface area contributed by atoms with Gasteiger partial charge in [0.15, 0.2) is 0 Å². The monoisotopic (exact) mass is 318 g/mol. The standard InChI is InChI=1S/C13H22N2O5S/c1-21(19,20)15-8-4-5-10(9-15)11(16)14-13(12(17)18)6-2-3-7-13/h10H,2-9H2,1H3,(H,14,16)(H,17,18)/t10-/m1/s1. The van der Waals surface area contributed by atoms with Gasteiger partial charge in [-0.3, -0.25) is 4.79 Å². The number of sulfonamides is 1. The Balaban J connectivity index is 2.04. The molecular weight excluding hydrogens is 296 g/mol. The van der Waals surface area contributed by atoms with Crippen LogP contribution in [0.15, 0.2) is 0 Å². The molecule has 0 aromatic heterocycles. The SMILES string of the molecule is CS(=O)(=O)N1CCC[C@@H](C(=O)NC2(C(=O)O)CCCC2)C1. The Kier molecular flexibility index (Phi) is 4.57. The Morgan fingerprint density at radius 1 is 1.24 bits per heavy atom. The quantitative estimate of drug-likeness (QED) is 0.769. The molecule has 0 aromatic carbocycles. The van der Waals surface area contributed by atoms with Crippen LogP contribution >= 0.6 is 0 Å². The van der Waals surface area contributed by atoms with Gasteiger partial charge in [0, 0.05) is 13.1 Å². The highest BCUT2D eigenvalue weighted by Gasteiger charge is 2.44. The van der Waals surface area contributed by atoms with Crippen LogP contribution in [0.5, 0.6) is 0 Å². The fourth-order valence-corrected chi connectivity index (χ4v) is 4.08. The zero-order chi connectivity index (χ0) is 15.7.